The molecule has 8 nitrogen and oxygen atoms in total. The Morgan fingerprint density at radius 2 is 1.32 bits per heavy atom. The Balaban J connectivity index is 1.11. The van der Waals surface area contributed by atoms with Crippen LogP contribution in [0.4, 0.5) is 11.4 Å². The summed E-state index contributed by atoms with van der Waals surface area (Å²) in [4.78, 5) is 47.9. The predicted octanol–water partition coefficient (Wildman–Crippen LogP) is 5.00. The van der Waals surface area contributed by atoms with Crippen LogP contribution in [0, 0.1) is 0 Å². The Morgan fingerprint density at radius 3 is 1.88 bits per heavy atom. The van der Waals surface area contributed by atoms with Crippen LogP contribution in [-0.2, 0) is 27.2 Å². The maximum Gasteiger partial charge on any atom is 0.247 e. The van der Waals surface area contributed by atoms with Gasteiger partial charge in [0.25, 0.3) is 0 Å². The van der Waals surface area contributed by atoms with Crippen molar-refractivity contribution in [1.29, 1.82) is 0 Å². The van der Waals surface area contributed by atoms with Crippen LogP contribution in [0.3, 0.4) is 0 Å². The van der Waals surface area contributed by atoms with Gasteiger partial charge in [0, 0.05) is 42.7 Å². The van der Waals surface area contributed by atoms with Crippen LogP contribution in [0.5, 0.6) is 0 Å². The Hall–Kier alpha value is -5.11. The predicted molar refractivity (Wildman–Crippen MR) is 160 cm³/mol. The molecule has 1 atom stereocenters. The maximum atomic E-state index is 13.0. The second-order valence-electron chi connectivity index (χ2n) is 9.94. The monoisotopic (exact) mass is 545 g/mol. The molecule has 206 valence electrons. The molecule has 41 heavy (non-hydrogen) atoms. The van der Waals surface area contributed by atoms with E-state index in [1.54, 1.807) is 35.8 Å². The van der Waals surface area contributed by atoms with Crippen LogP contribution < -0.4 is 10.6 Å². The zero-order chi connectivity index (χ0) is 28.4. The first-order valence-corrected chi connectivity index (χ1v) is 13.6. The van der Waals surface area contributed by atoms with E-state index in [9.17, 15) is 14.4 Å². The number of aromatic nitrogens is 2. The molecular weight excluding hydrogens is 514 g/mol. The number of pyridine rings is 2. The highest BCUT2D eigenvalue weighted by molar-refractivity contribution is 5.98. The number of nitrogens with zero attached hydrogens (tertiary/aromatic N) is 3. The summed E-state index contributed by atoms with van der Waals surface area (Å²) in [6.45, 7) is 0.583. The van der Waals surface area contributed by atoms with E-state index in [4.69, 9.17) is 0 Å². The molecule has 2 aromatic carbocycles. The first-order chi connectivity index (χ1) is 20.0. The number of likely N-dealkylation sites (tertiary alicyclic amines) is 1. The van der Waals surface area contributed by atoms with Gasteiger partial charge in [-0.2, -0.15) is 0 Å². The summed E-state index contributed by atoms with van der Waals surface area (Å²) < 4.78 is 0. The van der Waals surface area contributed by atoms with Crippen LogP contribution in [0.1, 0.15) is 35.1 Å². The third kappa shape index (κ3) is 7.73. The number of benzene rings is 2. The van der Waals surface area contributed by atoms with Crippen LogP contribution in [0.25, 0.3) is 12.2 Å². The summed E-state index contributed by atoms with van der Waals surface area (Å²) in [7, 11) is 0. The minimum Gasteiger partial charge on any atom is -0.330 e. The van der Waals surface area contributed by atoms with Gasteiger partial charge in [0.1, 0.15) is 6.04 Å². The zero-order valence-electron chi connectivity index (χ0n) is 22.6. The highest BCUT2D eigenvalue weighted by atomic mass is 16.2. The van der Waals surface area contributed by atoms with E-state index >= 15 is 0 Å². The molecule has 2 N–H and O–H groups in total. The Labute approximate surface area is 239 Å². The van der Waals surface area contributed by atoms with Crippen LogP contribution in [-0.4, -0.2) is 45.2 Å². The molecular formula is C33H31N5O3. The third-order valence-corrected chi connectivity index (χ3v) is 6.88. The second-order valence-corrected chi connectivity index (χ2v) is 9.94. The number of carbonyl (C=O) groups is 3. The summed E-state index contributed by atoms with van der Waals surface area (Å²) in [6.07, 6.45) is 12.7. The molecule has 0 unspecified atom stereocenters. The van der Waals surface area contributed by atoms with Gasteiger partial charge < -0.3 is 15.5 Å². The van der Waals surface area contributed by atoms with Crippen molar-refractivity contribution in [1.82, 2.24) is 14.9 Å². The average molecular weight is 546 g/mol. The van der Waals surface area contributed by atoms with Crippen molar-refractivity contribution in [3.63, 3.8) is 0 Å². The van der Waals surface area contributed by atoms with E-state index in [1.807, 2.05) is 78.9 Å². The first-order valence-electron chi connectivity index (χ1n) is 13.6. The lowest BCUT2D eigenvalue weighted by Crippen LogP contribution is -2.43. The summed E-state index contributed by atoms with van der Waals surface area (Å²) in [6, 6.07) is 22.1. The van der Waals surface area contributed by atoms with Crippen molar-refractivity contribution in [2.75, 3.05) is 17.2 Å². The van der Waals surface area contributed by atoms with Crippen LogP contribution in [0.2, 0.25) is 0 Å². The van der Waals surface area contributed by atoms with Crippen LogP contribution in [0.15, 0.2) is 97.6 Å². The summed E-state index contributed by atoms with van der Waals surface area (Å²) in [5, 5.41) is 5.87. The van der Waals surface area contributed by atoms with Crippen molar-refractivity contribution in [3.8, 4) is 0 Å². The first kappa shape index (κ1) is 27.5. The molecule has 0 bridgehead atoms. The lowest BCUT2D eigenvalue weighted by atomic mass is 10.1. The fraction of sp³-hybridized carbons (Fsp3) is 0.182. The Bertz CT molecular complexity index is 1500. The van der Waals surface area contributed by atoms with Gasteiger partial charge in [-0.3, -0.25) is 24.4 Å². The van der Waals surface area contributed by atoms with Crippen molar-refractivity contribution in [3.05, 3.63) is 120 Å². The number of rotatable bonds is 9. The van der Waals surface area contributed by atoms with Gasteiger partial charge in [-0.05, 0) is 71.5 Å². The van der Waals surface area contributed by atoms with E-state index in [0.717, 1.165) is 34.4 Å². The number of amides is 3. The zero-order valence-corrected chi connectivity index (χ0v) is 22.6. The minimum absolute atomic E-state index is 0.0590. The molecule has 8 heteroatoms. The average Bonchev–Trinajstić information content (AvgIpc) is 3.49. The van der Waals surface area contributed by atoms with E-state index in [0.29, 0.717) is 18.7 Å². The third-order valence-electron chi connectivity index (χ3n) is 6.88. The Morgan fingerprint density at radius 1 is 0.756 bits per heavy atom. The van der Waals surface area contributed by atoms with Crippen molar-refractivity contribution >= 4 is 41.2 Å². The lowest BCUT2D eigenvalue weighted by Gasteiger charge is -2.24. The molecule has 4 aromatic rings. The van der Waals surface area contributed by atoms with E-state index in [-0.39, 0.29) is 30.6 Å². The van der Waals surface area contributed by atoms with Gasteiger partial charge in [0.2, 0.25) is 17.7 Å². The van der Waals surface area contributed by atoms with Crippen molar-refractivity contribution in [2.45, 2.75) is 31.7 Å². The van der Waals surface area contributed by atoms with Gasteiger partial charge in [-0.25, -0.2) is 0 Å². The van der Waals surface area contributed by atoms with Gasteiger partial charge in [0.05, 0.1) is 12.8 Å². The number of nitrogens with one attached hydrogen (secondary N) is 2. The molecule has 0 spiro atoms. The molecule has 0 aliphatic carbocycles. The minimum atomic E-state index is -0.471. The van der Waals surface area contributed by atoms with E-state index in [1.165, 1.54) is 0 Å². The molecule has 3 heterocycles. The molecule has 1 aliphatic rings. The quantitative estimate of drug-likeness (QED) is 0.288. The molecule has 1 saturated heterocycles. The number of hydrogen-bond donors (Lipinski definition) is 2. The molecule has 2 aromatic heterocycles. The lowest BCUT2D eigenvalue weighted by molar-refractivity contribution is -0.136. The fourth-order valence-electron chi connectivity index (χ4n) is 4.78. The maximum absolute atomic E-state index is 13.0. The number of carbonyl (C=O) groups excluding carboxylic acids is 3. The van der Waals surface area contributed by atoms with Gasteiger partial charge in [-0.1, -0.05) is 48.6 Å². The van der Waals surface area contributed by atoms with Gasteiger partial charge >= 0.3 is 0 Å². The molecule has 1 fully saturated rings. The molecule has 1 aliphatic heterocycles. The SMILES string of the molecule is O=C(Cc1cccnc1)Nc1ccc(/C=C/c2ccc(NC(=O)[C@@H]3CCCN3C(=O)Cc3cccnc3)cc2)cc1. The normalized spacial score (nSPS) is 14.6. The standard InChI is InChI=1S/C33H31N5O3/c39-31(20-26-4-1-17-34-22-26)36-28-13-9-24(10-14-28)7-8-25-11-15-29(16-12-25)37-33(41)30-6-3-19-38(30)32(40)21-27-5-2-18-35-23-27/h1-2,4-5,7-18,22-23,30H,3,6,19-21H2,(H,36,39)(H,37,41)/b8-7+/t30-/m0/s1. The fourth-order valence-corrected chi connectivity index (χ4v) is 4.78. The molecule has 0 radical (unpaired) electrons. The van der Waals surface area contributed by atoms with E-state index in [2.05, 4.69) is 20.6 Å². The van der Waals surface area contributed by atoms with E-state index < -0.39 is 6.04 Å². The van der Waals surface area contributed by atoms with Gasteiger partial charge in [0.15, 0.2) is 0 Å². The van der Waals surface area contributed by atoms with Gasteiger partial charge in [-0.15, -0.1) is 0 Å². The largest absolute Gasteiger partial charge is 0.330 e. The smallest absolute Gasteiger partial charge is 0.247 e. The molecule has 3 amide bonds. The number of anilines is 2. The Kier molecular flexibility index (Phi) is 8.91. The van der Waals surface area contributed by atoms with Crippen molar-refractivity contribution in [2.24, 2.45) is 0 Å². The van der Waals surface area contributed by atoms with Crippen LogP contribution >= 0.6 is 0 Å². The molecule has 5 rings (SSSR count). The highest BCUT2D eigenvalue weighted by Crippen LogP contribution is 2.21. The molecule has 0 saturated carbocycles. The topological polar surface area (TPSA) is 104 Å². The summed E-state index contributed by atoms with van der Waals surface area (Å²) in [5.74, 6) is -0.320. The highest BCUT2D eigenvalue weighted by Gasteiger charge is 2.33. The second kappa shape index (κ2) is 13.3. The number of hydrogen-bond acceptors (Lipinski definition) is 5. The summed E-state index contributed by atoms with van der Waals surface area (Å²) in [5.41, 5.74) is 5.09. The van der Waals surface area contributed by atoms with Crippen molar-refractivity contribution < 1.29 is 14.4 Å². The summed E-state index contributed by atoms with van der Waals surface area (Å²) >= 11 is 0.